The summed E-state index contributed by atoms with van der Waals surface area (Å²) in [6.45, 7) is 0.957. The highest BCUT2D eigenvalue weighted by Gasteiger charge is 2.41. The van der Waals surface area contributed by atoms with Crippen molar-refractivity contribution in [1.82, 2.24) is 30.6 Å². The van der Waals surface area contributed by atoms with Gasteiger partial charge >= 0.3 is 0 Å². The lowest BCUT2D eigenvalue weighted by molar-refractivity contribution is -0.123. The Kier molecular flexibility index (Phi) is 10.3. The third-order valence-corrected chi connectivity index (χ3v) is 13.1. The average molecular weight is 832 g/mol. The van der Waals surface area contributed by atoms with E-state index in [1.54, 1.807) is 0 Å². The van der Waals surface area contributed by atoms with E-state index in [4.69, 9.17) is 34.7 Å². The van der Waals surface area contributed by atoms with E-state index < -0.39 is 12.1 Å². The monoisotopic (exact) mass is 830 g/mol. The van der Waals surface area contributed by atoms with Crippen LogP contribution in [0, 0.1) is 0 Å². The summed E-state index contributed by atoms with van der Waals surface area (Å²) < 4.78 is 0. The number of Topliss-reactive ketones (excluding diaryl/α,β-unsaturated/α-hetero) is 1. The minimum absolute atomic E-state index is 0.0108. The van der Waals surface area contributed by atoms with Gasteiger partial charge in [-0.2, -0.15) is 0 Å². The zero-order valence-corrected chi connectivity index (χ0v) is 34.3. The maximum atomic E-state index is 15.0. The zero-order chi connectivity index (χ0) is 40.9. The van der Waals surface area contributed by atoms with Gasteiger partial charge in [0.1, 0.15) is 0 Å². The van der Waals surface area contributed by atoms with Gasteiger partial charge in [0.2, 0.25) is 0 Å². The number of halogens is 2. The minimum Gasteiger partial charge on any atom is -0.355 e. The molecule has 0 radical (unpaired) electrons. The fourth-order valence-electron chi connectivity index (χ4n) is 9.16. The number of hydrogen-bond donors (Lipinski definition) is 6. The number of rotatable bonds is 12. The number of carbonyl (C=O) groups excluding carboxylic acids is 1. The topological polar surface area (TPSA) is 151 Å². The standard InChI is InChI=1S/C49H44Cl2N8O/c50-37-7-5-33(43-23-31-21-29(3-11-41(31)58-43)39(52)9-1-27-13-17-54-18-14-27)45-35(37)25-56-47(45)49(60)48-46-34(6-8-38(51)36(46)26-57-48)44-24-32-22-30(4-12-42(32)59-44)40(53)10-2-28-15-19-55-20-16-28/h3-8,11-24,39-40,47-48,56-59H,1-2,9-10,25-26,52-53H2. The molecule has 8 aromatic rings. The summed E-state index contributed by atoms with van der Waals surface area (Å²) >= 11 is 13.7. The van der Waals surface area contributed by atoms with Crippen LogP contribution in [0.5, 0.6) is 0 Å². The Bertz CT molecular complexity index is 2700. The second-order valence-corrected chi connectivity index (χ2v) is 16.9. The second kappa shape index (κ2) is 16.1. The van der Waals surface area contributed by atoms with E-state index in [0.717, 1.165) is 103 Å². The van der Waals surface area contributed by atoms with Crippen LogP contribution in [-0.4, -0.2) is 25.7 Å². The molecule has 2 aliphatic rings. The van der Waals surface area contributed by atoms with Gasteiger partial charge in [-0.1, -0.05) is 47.5 Å². The number of pyridine rings is 2. The van der Waals surface area contributed by atoms with Crippen LogP contribution in [0.2, 0.25) is 10.0 Å². The summed E-state index contributed by atoms with van der Waals surface area (Å²) in [4.78, 5) is 30.5. The van der Waals surface area contributed by atoms with E-state index in [1.165, 1.54) is 11.1 Å². The summed E-state index contributed by atoms with van der Waals surface area (Å²) in [5.74, 6) is 0.0108. The van der Waals surface area contributed by atoms with Gasteiger partial charge in [-0.05, 0) is 143 Å². The van der Waals surface area contributed by atoms with Gasteiger partial charge in [0.05, 0.1) is 12.1 Å². The molecule has 0 spiro atoms. The van der Waals surface area contributed by atoms with Crippen LogP contribution >= 0.6 is 23.2 Å². The molecule has 0 saturated carbocycles. The van der Waals surface area contributed by atoms with E-state index >= 15 is 4.79 Å². The molecule has 9 nitrogen and oxygen atoms in total. The average Bonchev–Trinajstić information content (AvgIpc) is 4.10. The number of nitrogens with two attached hydrogens (primary N) is 2. The highest BCUT2D eigenvalue weighted by Crippen LogP contribution is 2.45. The highest BCUT2D eigenvalue weighted by molar-refractivity contribution is 6.32. The van der Waals surface area contributed by atoms with Crippen molar-refractivity contribution in [3.63, 3.8) is 0 Å². The van der Waals surface area contributed by atoms with Gasteiger partial charge in [0, 0.05) is 104 Å². The summed E-state index contributed by atoms with van der Waals surface area (Å²) in [5, 5.41) is 10.4. The lowest BCUT2D eigenvalue weighted by Crippen LogP contribution is -2.32. The van der Waals surface area contributed by atoms with E-state index in [1.807, 2.05) is 73.3 Å². The Morgan fingerprint density at radius 1 is 0.600 bits per heavy atom. The third kappa shape index (κ3) is 7.21. The van der Waals surface area contributed by atoms with Gasteiger partial charge in [0.25, 0.3) is 0 Å². The lowest BCUT2D eigenvalue weighted by atomic mass is 9.87. The largest absolute Gasteiger partial charge is 0.355 e. The Morgan fingerprint density at radius 2 is 1.03 bits per heavy atom. The number of benzene rings is 4. The van der Waals surface area contributed by atoms with Crippen LogP contribution in [0.4, 0.5) is 0 Å². The Hall–Kier alpha value is -5.65. The normalized spacial score (nSPS) is 16.9. The van der Waals surface area contributed by atoms with Crippen molar-refractivity contribution in [2.45, 2.75) is 62.9 Å². The first kappa shape index (κ1) is 38.5. The fraction of sp³-hybridized carbons (Fsp3) is 0.204. The van der Waals surface area contributed by atoms with Crippen LogP contribution in [0.15, 0.2) is 122 Å². The molecule has 8 N–H and O–H groups in total. The molecule has 4 aromatic heterocycles. The highest BCUT2D eigenvalue weighted by atomic mass is 35.5. The Morgan fingerprint density at radius 3 is 1.47 bits per heavy atom. The molecule has 300 valence electrons. The molecule has 0 bridgehead atoms. The maximum absolute atomic E-state index is 15.0. The van der Waals surface area contributed by atoms with Gasteiger partial charge in [-0.3, -0.25) is 25.4 Å². The molecular formula is C49H44Cl2N8O. The number of aromatic nitrogens is 4. The summed E-state index contributed by atoms with van der Waals surface area (Å²) in [5.41, 5.74) is 27.3. The van der Waals surface area contributed by atoms with Crippen molar-refractivity contribution in [1.29, 1.82) is 0 Å². The third-order valence-electron chi connectivity index (χ3n) is 12.4. The summed E-state index contributed by atoms with van der Waals surface area (Å²) in [6, 6.07) is 31.6. The minimum atomic E-state index is -0.605. The van der Waals surface area contributed by atoms with E-state index in [9.17, 15) is 0 Å². The van der Waals surface area contributed by atoms with Crippen LogP contribution in [0.3, 0.4) is 0 Å². The molecule has 0 amide bonds. The van der Waals surface area contributed by atoms with Gasteiger partial charge in [-0.25, -0.2) is 0 Å². The molecule has 4 unspecified atom stereocenters. The van der Waals surface area contributed by atoms with Crippen molar-refractivity contribution >= 4 is 50.8 Å². The lowest BCUT2D eigenvalue weighted by Gasteiger charge is -2.21. The molecule has 60 heavy (non-hydrogen) atoms. The van der Waals surface area contributed by atoms with Crippen molar-refractivity contribution in [3.8, 4) is 22.5 Å². The predicted molar refractivity (Wildman–Crippen MR) is 241 cm³/mol. The number of ketones is 1. The smallest absolute Gasteiger partial charge is 0.175 e. The first-order valence-electron chi connectivity index (χ1n) is 20.5. The predicted octanol–water partition coefficient (Wildman–Crippen LogP) is 9.90. The maximum Gasteiger partial charge on any atom is 0.175 e. The van der Waals surface area contributed by atoms with Crippen LogP contribution in [0.25, 0.3) is 44.3 Å². The molecule has 0 saturated heterocycles. The van der Waals surface area contributed by atoms with Crippen molar-refractivity contribution in [2.24, 2.45) is 11.5 Å². The van der Waals surface area contributed by atoms with Gasteiger partial charge in [0.15, 0.2) is 5.78 Å². The van der Waals surface area contributed by atoms with Crippen molar-refractivity contribution in [2.75, 3.05) is 0 Å². The molecule has 11 heteroatoms. The van der Waals surface area contributed by atoms with Crippen molar-refractivity contribution in [3.05, 3.63) is 176 Å². The number of fused-ring (bicyclic) bond motifs is 4. The van der Waals surface area contributed by atoms with Crippen LogP contribution in [0.1, 0.15) is 81.5 Å². The van der Waals surface area contributed by atoms with E-state index in [0.29, 0.717) is 23.1 Å². The number of nitrogens with zero attached hydrogens (tertiary/aromatic N) is 2. The van der Waals surface area contributed by atoms with E-state index in [-0.39, 0.29) is 17.9 Å². The first-order valence-corrected chi connectivity index (χ1v) is 21.2. The number of H-pyrrole nitrogens is 2. The van der Waals surface area contributed by atoms with Gasteiger partial charge in [-0.15, -0.1) is 0 Å². The molecule has 0 fully saturated rings. The first-order chi connectivity index (χ1) is 29.3. The van der Waals surface area contributed by atoms with Crippen LogP contribution in [-0.2, 0) is 30.7 Å². The molecule has 4 aromatic carbocycles. The fourth-order valence-corrected chi connectivity index (χ4v) is 9.62. The Labute approximate surface area is 357 Å². The zero-order valence-electron chi connectivity index (χ0n) is 32.8. The quantitative estimate of drug-likeness (QED) is 0.0718. The Balaban J connectivity index is 0.936. The summed E-state index contributed by atoms with van der Waals surface area (Å²) in [6.07, 6.45) is 10.7. The molecule has 0 aliphatic carbocycles. The van der Waals surface area contributed by atoms with Crippen LogP contribution < -0.4 is 22.1 Å². The number of aryl methyl sites for hydroxylation is 2. The number of aromatic amines is 2. The van der Waals surface area contributed by atoms with Gasteiger partial charge < -0.3 is 21.4 Å². The molecule has 10 rings (SSSR count). The molecule has 4 atom stereocenters. The molecule has 2 aliphatic heterocycles. The summed E-state index contributed by atoms with van der Waals surface area (Å²) in [7, 11) is 0. The number of hydrogen-bond acceptors (Lipinski definition) is 7. The number of carbonyl (C=O) groups is 1. The second-order valence-electron chi connectivity index (χ2n) is 16.1. The van der Waals surface area contributed by atoms with Crippen molar-refractivity contribution < 1.29 is 4.79 Å². The molecular weight excluding hydrogens is 787 g/mol. The number of nitrogens with one attached hydrogen (secondary N) is 4. The van der Waals surface area contributed by atoms with E-state index in [2.05, 4.69) is 79.1 Å². The SMILES string of the molecule is NC(CCc1ccncc1)c1ccc2[nH]c(-c3ccc(Cl)c4c3C(C(=O)C3NCc5c(Cl)ccc(-c6cc7cc(C(N)CCc8ccncc8)ccc7[nH]6)c53)NC4)cc2c1. The molecule has 6 heterocycles.